The van der Waals surface area contributed by atoms with Gasteiger partial charge in [0.2, 0.25) is 11.8 Å². The Morgan fingerprint density at radius 3 is 2.26 bits per heavy atom. The van der Waals surface area contributed by atoms with E-state index in [1.807, 2.05) is 0 Å². The van der Waals surface area contributed by atoms with Crippen LogP contribution in [0.15, 0.2) is 72.1 Å². The van der Waals surface area contributed by atoms with Gasteiger partial charge in [0.25, 0.3) is 0 Å². The number of carbonyl (C=O) groups is 2. The van der Waals surface area contributed by atoms with Crippen LogP contribution in [0.5, 0.6) is 17.2 Å². The van der Waals surface area contributed by atoms with Crippen molar-refractivity contribution < 1.29 is 23.8 Å². The molecule has 0 unspecified atom stereocenters. The monoisotopic (exact) mass is 534 g/mol. The van der Waals surface area contributed by atoms with Gasteiger partial charge in [-0.1, -0.05) is 11.8 Å². The highest BCUT2D eigenvalue weighted by atomic mass is 32.2. The number of hydrogen-bond acceptors (Lipinski definition) is 9. The molecule has 2 aromatic carbocycles. The second-order valence-corrected chi connectivity index (χ2v) is 8.73. The lowest BCUT2D eigenvalue weighted by Crippen LogP contribution is -2.21. The summed E-state index contributed by atoms with van der Waals surface area (Å²) >= 11 is 1.17. The molecule has 0 radical (unpaired) electrons. The lowest BCUT2D eigenvalue weighted by atomic mass is 10.2. The van der Waals surface area contributed by atoms with E-state index in [4.69, 9.17) is 14.2 Å². The predicted octanol–water partition coefficient (Wildman–Crippen LogP) is 3.74. The summed E-state index contributed by atoms with van der Waals surface area (Å²) < 4.78 is 17.2. The van der Waals surface area contributed by atoms with Gasteiger partial charge in [0.15, 0.2) is 11.0 Å². The van der Waals surface area contributed by atoms with Crippen molar-refractivity contribution in [1.82, 2.24) is 19.7 Å². The average Bonchev–Trinajstić information content (AvgIpc) is 3.35. The Kier molecular flexibility index (Phi) is 8.77. The van der Waals surface area contributed by atoms with Gasteiger partial charge in [0.05, 0.1) is 32.8 Å². The molecule has 12 heteroatoms. The quantitative estimate of drug-likeness (QED) is 0.276. The van der Waals surface area contributed by atoms with Crippen molar-refractivity contribution in [3.05, 3.63) is 67.0 Å². The lowest BCUT2D eigenvalue weighted by molar-refractivity contribution is -0.117. The van der Waals surface area contributed by atoms with E-state index in [1.54, 1.807) is 74.1 Å². The minimum Gasteiger partial charge on any atom is -0.497 e. The Hall–Kier alpha value is -4.58. The van der Waals surface area contributed by atoms with Gasteiger partial charge in [-0.3, -0.25) is 14.6 Å². The Bertz CT molecular complexity index is 1400. The van der Waals surface area contributed by atoms with Crippen molar-refractivity contribution in [2.45, 2.75) is 11.7 Å². The molecule has 38 heavy (non-hydrogen) atoms. The van der Waals surface area contributed by atoms with Gasteiger partial charge in [0.1, 0.15) is 23.8 Å². The van der Waals surface area contributed by atoms with Crippen molar-refractivity contribution in [3.8, 4) is 28.6 Å². The average molecular weight is 535 g/mol. The highest BCUT2D eigenvalue weighted by Crippen LogP contribution is 2.29. The van der Waals surface area contributed by atoms with E-state index >= 15 is 0 Å². The molecule has 0 atom stereocenters. The number of anilines is 2. The van der Waals surface area contributed by atoms with Crippen LogP contribution in [0.4, 0.5) is 11.4 Å². The Morgan fingerprint density at radius 1 is 0.868 bits per heavy atom. The molecule has 196 valence electrons. The summed E-state index contributed by atoms with van der Waals surface area (Å²) in [7, 11) is 4.63. The highest BCUT2D eigenvalue weighted by Gasteiger charge is 2.18. The fourth-order valence-corrected chi connectivity index (χ4v) is 4.14. The number of benzene rings is 2. The number of amides is 2. The summed E-state index contributed by atoms with van der Waals surface area (Å²) in [5.74, 6) is 1.64. The second-order valence-electron chi connectivity index (χ2n) is 7.79. The number of carbonyl (C=O) groups excluding carboxylic acids is 2. The zero-order valence-electron chi connectivity index (χ0n) is 21.0. The summed E-state index contributed by atoms with van der Waals surface area (Å²) in [4.78, 5) is 34.2. The molecular weight excluding hydrogens is 508 g/mol. The number of methoxy groups -OCH3 is 3. The summed E-state index contributed by atoms with van der Waals surface area (Å²) in [5.41, 5.74) is 1.83. The zero-order valence-corrected chi connectivity index (χ0v) is 21.8. The van der Waals surface area contributed by atoms with E-state index in [0.717, 1.165) is 5.56 Å². The molecule has 2 heterocycles. The van der Waals surface area contributed by atoms with Crippen molar-refractivity contribution in [3.63, 3.8) is 0 Å². The first-order valence-electron chi connectivity index (χ1n) is 11.4. The Morgan fingerprint density at radius 2 is 1.58 bits per heavy atom. The molecule has 2 amide bonds. The number of rotatable bonds is 11. The largest absolute Gasteiger partial charge is 0.497 e. The minimum atomic E-state index is -0.354. The van der Waals surface area contributed by atoms with Crippen LogP contribution in [0.2, 0.25) is 0 Å². The summed E-state index contributed by atoms with van der Waals surface area (Å²) in [6.45, 7) is -0.138. The van der Waals surface area contributed by atoms with Crippen molar-refractivity contribution >= 4 is 35.0 Å². The van der Waals surface area contributed by atoms with Crippen molar-refractivity contribution in [2.75, 3.05) is 37.7 Å². The normalized spacial score (nSPS) is 10.5. The van der Waals surface area contributed by atoms with Gasteiger partial charge in [0, 0.05) is 29.7 Å². The van der Waals surface area contributed by atoms with Crippen LogP contribution in [0, 0.1) is 0 Å². The van der Waals surface area contributed by atoms with E-state index in [1.165, 1.54) is 30.7 Å². The second kappa shape index (κ2) is 12.6. The molecule has 0 aliphatic heterocycles. The standard InChI is InChI=1S/C26H26N6O5S/c1-35-19-6-4-18(5-7-19)28-24(34)16-38-26-30-25(17-10-12-27-13-11-17)31-32(26)15-23(33)29-21-14-20(36-2)8-9-22(21)37-3/h4-14H,15-16H2,1-3H3,(H,28,34)(H,29,33). The van der Waals surface area contributed by atoms with Crippen molar-refractivity contribution in [1.29, 1.82) is 0 Å². The lowest BCUT2D eigenvalue weighted by Gasteiger charge is -2.12. The molecule has 0 saturated heterocycles. The zero-order chi connectivity index (χ0) is 26.9. The molecule has 0 fully saturated rings. The molecule has 4 rings (SSSR count). The van der Waals surface area contributed by atoms with Gasteiger partial charge in [-0.25, -0.2) is 9.67 Å². The van der Waals surface area contributed by atoms with Crippen LogP contribution in [0.25, 0.3) is 11.4 Å². The maximum absolute atomic E-state index is 13.0. The number of aromatic nitrogens is 4. The van der Waals surface area contributed by atoms with Gasteiger partial charge >= 0.3 is 0 Å². The van der Waals surface area contributed by atoms with E-state index in [9.17, 15) is 9.59 Å². The number of hydrogen-bond donors (Lipinski definition) is 2. The van der Waals surface area contributed by atoms with Gasteiger partial charge < -0.3 is 24.8 Å². The van der Waals surface area contributed by atoms with Crippen LogP contribution in [-0.4, -0.2) is 58.6 Å². The number of nitrogens with zero attached hydrogens (tertiary/aromatic N) is 4. The first kappa shape index (κ1) is 26.5. The summed E-state index contributed by atoms with van der Waals surface area (Å²) in [5, 5.41) is 10.6. The third kappa shape index (κ3) is 6.79. The summed E-state index contributed by atoms with van der Waals surface area (Å²) in [6.07, 6.45) is 3.26. The van der Waals surface area contributed by atoms with Gasteiger partial charge in [-0.05, 0) is 48.5 Å². The molecule has 11 nitrogen and oxygen atoms in total. The predicted molar refractivity (Wildman–Crippen MR) is 144 cm³/mol. The molecule has 0 aliphatic carbocycles. The van der Waals surface area contributed by atoms with Gasteiger partial charge in [-0.15, -0.1) is 5.10 Å². The molecule has 0 aliphatic rings. The van der Waals surface area contributed by atoms with E-state index < -0.39 is 0 Å². The van der Waals surface area contributed by atoms with Crippen LogP contribution in [0.1, 0.15) is 0 Å². The number of ether oxygens (including phenoxy) is 3. The minimum absolute atomic E-state index is 0.0613. The summed E-state index contributed by atoms with van der Waals surface area (Å²) in [6, 6.07) is 15.7. The van der Waals surface area contributed by atoms with Crippen LogP contribution >= 0.6 is 11.8 Å². The first-order valence-corrected chi connectivity index (χ1v) is 12.4. The third-order valence-electron chi connectivity index (χ3n) is 5.26. The molecule has 0 bridgehead atoms. The molecule has 0 spiro atoms. The van der Waals surface area contributed by atoms with E-state index in [-0.39, 0.29) is 24.1 Å². The molecule has 0 saturated carbocycles. The van der Waals surface area contributed by atoms with E-state index in [0.29, 0.717) is 39.6 Å². The number of thioether (sulfide) groups is 1. The van der Waals surface area contributed by atoms with Gasteiger partial charge in [-0.2, -0.15) is 0 Å². The van der Waals surface area contributed by atoms with Crippen molar-refractivity contribution in [2.24, 2.45) is 0 Å². The number of nitrogens with one attached hydrogen (secondary N) is 2. The van der Waals surface area contributed by atoms with Crippen LogP contribution in [-0.2, 0) is 16.1 Å². The first-order chi connectivity index (χ1) is 18.5. The third-order valence-corrected chi connectivity index (χ3v) is 6.22. The number of pyridine rings is 1. The topological polar surface area (TPSA) is 129 Å². The fraction of sp³-hybridized carbons (Fsp3) is 0.192. The maximum Gasteiger partial charge on any atom is 0.246 e. The SMILES string of the molecule is COc1ccc(NC(=O)CSc2nc(-c3ccncc3)nn2CC(=O)Nc2cc(OC)ccc2OC)cc1. The molecule has 4 aromatic rings. The molecular formula is C26H26N6O5S. The molecule has 2 aromatic heterocycles. The fourth-order valence-electron chi connectivity index (χ4n) is 3.40. The highest BCUT2D eigenvalue weighted by molar-refractivity contribution is 7.99. The van der Waals surface area contributed by atoms with Crippen LogP contribution < -0.4 is 24.8 Å². The maximum atomic E-state index is 13.0. The van der Waals surface area contributed by atoms with E-state index in [2.05, 4.69) is 25.7 Å². The Balaban J connectivity index is 1.49. The smallest absolute Gasteiger partial charge is 0.246 e. The molecule has 2 N–H and O–H groups in total. The van der Waals surface area contributed by atoms with Crippen LogP contribution in [0.3, 0.4) is 0 Å². The Labute approximate surface area is 223 Å².